The molecule has 0 fully saturated rings. The van der Waals surface area contributed by atoms with Gasteiger partial charge in [0.25, 0.3) is 0 Å². The second kappa shape index (κ2) is 6.03. The Balaban J connectivity index is 1.89. The fourth-order valence-corrected chi connectivity index (χ4v) is 4.43. The van der Waals surface area contributed by atoms with Gasteiger partial charge in [0.15, 0.2) is 8.68 Å². The lowest BCUT2D eigenvalue weighted by Crippen LogP contribution is -2.15. The van der Waals surface area contributed by atoms with Crippen LogP contribution in [0, 0.1) is 6.92 Å². The van der Waals surface area contributed by atoms with Crippen LogP contribution in [0.15, 0.2) is 18.9 Å². The molecule has 2 aromatic heterocycles. The van der Waals surface area contributed by atoms with Crippen molar-refractivity contribution in [1.29, 1.82) is 0 Å². The van der Waals surface area contributed by atoms with Crippen molar-refractivity contribution in [1.82, 2.24) is 14.8 Å². The van der Waals surface area contributed by atoms with Gasteiger partial charge in [0.05, 0.1) is 0 Å². The molecule has 0 saturated carbocycles. The lowest BCUT2D eigenvalue weighted by Gasteiger charge is -2.01. The van der Waals surface area contributed by atoms with Gasteiger partial charge < -0.3 is 4.57 Å². The highest BCUT2D eigenvalue weighted by atomic mass is 32.2. The summed E-state index contributed by atoms with van der Waals surface area (Å²) in [5.74, 6) is 0.848. The summed E-state index contributed by atoms with van der Waals surface area (Å²) < 4.78 is 3.75. The predicted molar refractivity (Wildman–Crippen MR) is 75.7 cm³/mol. The first-order valence-electron chi connectivity index (χ1n) is 4.86. The van der Waals surface area contributed by atoms with Crippen LogP contribution in [0.5, 0.6) is 0 Å². The normalized spacial score (nSPS) is 10.9. The highest BCUT2D eigenvalue weighted by Gasteiger charge is 2.05. The summed E-state index contributed by atoms with van der Waals surface area (Å²) in [4.78, 5) is 11.6. The van der Waals surface area contributed by atoms with Crippen LogP contribution in [0.2, 0.25) is 0 Å². The number of thiazole rings is 1. The summed E-state index contributed by atoms with van der Waals surface area (Å²) in [6.45, 7) is 2.69. The van der Waals surface area contributed by atoms with E-state index in [1.807, 2.05) is 18.6 Å². The van der Waals surface area contributed by atoms with E-state index >= 15 is 0 Å². The molecule has 0 N–H and O–H groups in total. The van der Waals surface area contributed by atoms with E-state index in [1.165, 1.54) is 11.3 Å². The number of rotatable bonds is 5. The minimum absolute atomic E-state index is 0.116. The third kappa shape index (κ3) is 3.34. The van der Waals surface area contributed by atoms with Crippen LogP contribution in [0.1, 0.15) is 5.69 Å². The van der Waals surface area contributed by atoms with Crippen LogP contribution in [0.25, 0.3) is 0 Å². The molecule has 0 aromatic carbocycles. The zero-order chi connectivity index (χ0) is 12.3. The molecule has 0 bridgehead atoms. The summed E-state index contributed by atoms with van der Waals surface area (Å²) in [5, 5.41) is 10.00. The molecule has 0 unspecified atom stereocenters. The molecule has 8 heteroatoms. The van der Waals surface area contributed by atoms with Crippen LogP contribution in [0.3, 0.4) is 0 Å². The minimum atomic E-state index is 0.116. The predicted octanol–water partition coefficient (Wildman–Crippen LogP) is 2.58. The van der Waals surface area contributed by atoms with Gasteiger partial charge in [-0.2, -0.15) is 0 Å². The van der Waals surface area contributed by atoms with Gasteiger partial charge in [-0.1, -0.05) is 46.2 Å². The quantitative estimate of drug-likeness (QED) is 0.795. The van der Waals surface area contributed by atoms with E-state index in [1.54, 1.807) is 39.4 Å². The lowest BCUT2D eigenvalue weighted by molar-refractivity contribution is 0.730. The van der Waals surface area contributed by atoms with Crippen LogP contribution in [-0.4, -0.2) is 26.8 Å². The number of hydrogen-bond donors (Lipinski definition) is 0. The van der Waals surface area contributed by atoms with Crippen molar-refractivity contribution < 1.29 is 0 Å². The van der Waals surface area contributed by atoms with Crippen molar-refractivity contribution in [2.45, 2.75) is 22.1 Å². The fraction of sp³-hybridized carbons (Fsp3) is 0.444. The summed E-state index contributed by atoms with van der Waals surface area (Å²) >= 11 is 6.10. The van der Waals surface area contributed by atoms with Gasteiger partial charge in [-0.25, -0.2) is 0 Å². The molecule has 92 valence electrons. The second-order valence-corrected chi connectivity index (χ2v) is 7.37. The van der Waals surface area contributed by atoms with Gasteiger partial charge >= 0.3 is 4.87 Å². The summed E-state index contributed by atoms with van der Waals surface area (Å²) in [6, 6.07) is 0. The zero-order valence-corrected chi connectivity index (χ0v) is 12.6. The number of aryl methyl sites for hydroxylation is 1. The van der Waals surface area contributed by atoms with Crippen molar-refractivity contribution in [3.05, 3.63) is 20.7 Å². The highest BCUT2D eigenvalue weighted by Crippen LogP contribution is 2.27. The van der Waals surface area contributed by atoms with Gasteiger partial charge in [-0.05, 0) is 13.2 Å². The smallest absolute Gasteiger partial charge is 0.303 e. The van der Waals surface area contributed by atoms with Gasteiger partial charge in [0.2, 0.25) is 0 Å². The van der Waals surface area contributed by atoms with E-state index in [0.717, 1.165) is 26.7 Å². The molecule has 0 atom stereocenters. The molecule has 0 aliphatic rings. The number of thioether (sulfide) groups is 2. The molecule has 2 heterocycles. The van der Waals surface area contributed by atoms with Crippen LogP contribution < -0.4 is 4.87 Å². The molecule has 0 radical (unpaired) electrons. The molecular formula is C9H11N3OS4. The topological polar surface area (TPSA) is 47.8 Å². The average molecular weight is 305 g/mol. The Bertz CT molecular complexity index is 544. The number of nitrogens with zero attached hydrogens (tertiary/aromatic N) is 3. The molecule has 0 saturated heterocycles. The van der Waals surface area contributed by atoms with E-state index in [4.69, 9.17) is 0 Å². The third-order valence-electron chi connectivity index (χ3n) is 2.08. The Kier molecular flexibility index (Phi) is 4.66. The summed E-state index contributed by atoms with van der Waals surface area (Å²) in [5.41, 5.74) is 1.03. The van der Waals surface area contributed by atoms with Crippen LogP contribution in [-0.2, 0) is 6.54 Å². The van der Waals surface area contributed by atoms with Crippen molar-refractivity contribution in [2.75, 3.05) is 12.0 Å². The fourth-order valence-electron chi connectivity index (χ4n) is 1.24. The van der Waals surface area contributed by atoms with E-state index in [0.29, 0.717) is 0 Å². The average Bonchev–Trinajstić information content (AvgIpc) is 2.90. The van der Waals surface area contributed by atoms with Crippen molar-refractivity contribution in [2.24, 2.45) is 0 Å². The molecular weight excluding hydrogens is 294 g/mol. The minimum Gasteiger partial charge on any atom is -0.303 e. The molecule has 2 aromatic rings. The maximum Gasteiger partial charge on any atom is 0.307 e. The van der Waals surface area contributed by atoms with Crippen molar-refractivity contribution in [3.8, 4) is 0 Å². The Morgan fingerprint density at radius 2 is 2.18 bits per heavy atom. The molecule has 0 aliphatic carbocycles. The number of aromatic nitrogens is 3. The molecule has 2 rings (SSSR count). The van der Waals surface area contributed by atoms with E-state index in [-0.39, 0.29) is 4.87 Å². The molecule has 0 amide bonds. The van der Waals surface area contributed by atoms with E-state index in [9.17, 15) is 4.79 Å². The van der Waals surface area contributed by atoms with Crippen LogP contribution >= 0.6 is 46.2 Å². The van der Waals surface area contributed by atoms with Gasteiger partial charge in [-0.15, -0.1) is 10.2 Å². The number of hydrogen-bond acceptors (Lipinski definition) is 7. The molecule has 0 aliphatic heterocycles. The Morgan fingerprint density at radius 1 is 1.41 bits per heavy atom. The van der Waals surface area contributed by atoms with Crippen LogP contribution in [0.4, 0.5) is 0 Å². The zero-order valence-electron chi connectivity index (χ0n) is 9.37. The lowest BCUT2D eigenvalue weighted by atomic mass is 10.5. The standard InChI is InChI=1S/C9H11N3OS4/c1-6-5-16-9(13)12(6)3-4-15-8-11-10-7(14-2)17-8/h5H,3-4H2,1-2H3. The van der Waals surface area contributed by atoms with Gasteiger partial charge in [0, 0.05) is 23.4 Å². The molecule has 17 heavy (non-hydrogen) atoms. The largest absolute Gasteiger partial charge is 0.307 e. The maximum absolute atomic E-state index is 11.5. The molecule has 4 nitrogen and oxygen atoms in total. The highest BCUT2D eigenvalue weighted by molar-refractivity contribution is 8.02. The Labute approximate surface area is 115 Å². The first-order chi connectivity index (χ1) is 8.20. The second-order valence-electron chi connectivity index (χ2n) is 3.18. The van der Waals surface area contributed by atoms with E-state index < -0.39 is 0 Å². The maximum atomic E-state index is 11.5. The van der Waals surface area contributed by atoms with Crippen molar-refractivity contribution >= 4 is 46.2 Å². The Morgan fingerprint density at radius 3 is 2.76 bits per heavy atom. The van der Waals surface area contributed by atoms with Crippen molar-refractivity contribution in [3.63, 3.8) is 0 Å². The summed E-state index contributed by atoms with van der Waals surface area (Å²) in [6.07, 6.45) is 1.99. The SMILES string of the molecule is CSc1nnc(SCCn2c(C)csc2=O)s1. The summed E-state index contributed by atoms with van der Waals surface area (Å²) in [7, 11) is 0. The third-order valence-corrected chi connectivity index (χ3v) is 5.97. The first kappa shape index (κ1) is 13.1. The van der Waals surface area contributed by atoms with Gasteiger partial charge in [0.1, 0.15) is 0 Å². The Hall–Kier alpha value is -0.310. The molecule has 0 spiro atoms. The first-order valence-corrected chi connectivity index (χ1v) is 8.76. The van der Waals surface area contributed by atoms with E-state index in [2.05, 4.69) is 10.2 Å². The van der Waals surface area contributed by atoms with Gasteiger partial charge in [-0.3, -0.25) is 4.79 Å². The monoisotopic (exact) mass is 305 g/mol.